The second-order valence-corrected chi connectivity index (χ2v) is 5.39. The second-order valence-electron chi connectivity index (χ2n) is 4.64. The van der Waals surface area contributed by atoms with Crippen molar-refractivity contribution in [2.75, 3.05) is 0 Å². The summed E-state index contributed by atoms with van der Waals surface area (Å²) in [5.74, 6) is 0.916. The van der Waals surface area contributed by atoms with Crippen LogP contribution in [0.25, 0.3) is 17.0 Å². The second kappa shape index (κ2) is 7.36. The highest BCUT2D eigenvalue weighted by Gasteiger charge is 2.18. The molecule has 0 amide bonds. The van der Waals surface area contributed by atoms with Gasteiger partial charge in [0.2, 0.25) is 12.0 Å². The average molecular weight is 336 g/mol. The van der Waals surface area contributed by atoms with Crippen molar-refractivity contribution in [2.45, 2.75) is 6.92 Å². The van der Waals surface area contributed by atoms with Crippen LogP contribution in [0.4, 0.5) is 0 Å². The summed E-state index contributed by atoms with van der Waals surface area (Å²) in [6, 6.07) is 20.2. The highest BCUT2D eigenvalue weighted by Crippen LogP contribution is 2.22. The van der Waals surface area contributed by atoms with E-state index in [-0.39, 0.29) is 0 Å². The molecule has 0 aliphatic heterocycles. The van der Waals surface area contributed by atoms with Crippen molar-refractivity contribution in [3.05, 3.63) is 72.4 Å². The number of hydrogen-bond acceptors (Lipinski definition) is 5. The number of hydrogen-bond donors (Lipinski definition) is 0. The minimum absolute atomic E-state index is 0.916. The maximum Gasteiger partial charge on any atom is 0.258 e. The Morgan fingerprint density at radius 2 is 1.30 bits per heavy atom. The fraction of sp³-hybridized carbons (Fsp3) is 0.0625. The lowest BCUT2D eigenvalue weighted by molar-refractivity contribution is -2.00. The average Bonchev–Trinajstić information content (AvgIpc) is 2.89. The highest BCUT2D eigenvalue weighted by atomic mass is 35.7. The zero-order valence-corrected chi connectivity index (χ0v) is 13.0. The van der Waals surface area contributed by atoms with E-state index in [1.807, 2.05) is 54.7 Å². The summed E-state index contributed by atoms with van der Waals surface area (Å²) >= 11 is 0. The van der Waals surface area contributed by atoms with E-state index in [4.69, 9.17) is 23.2 Å². The van der Waals surface area contributed by atoms with E-state index in [0.29, 0.717) is 0 Å². The lowest BCUT2D eigenvalue weighted by Gasteiger charge is -2.17. The molecule has 3 aromatic rings. The molecule has 3 rings (SSSR count). The van der Waals surface area contributed by atoms with Crippen molar-refractivity contribution in [1.29, 1.82) is 0 Å². The van der Waals surface area contributed by atoms with Gasteiger partial charge in [-0.1, -0.05) is 48.5 Å². The van der Waals surface area contributed by atoms with Gasteiger partial charge in [-0.15, -0.1) is 10.2 Å². The normalized spacial score (nSPS) is 10.8. The number of benzene rings is 2. The lowest BCUT2D eigenvalue weighted by Crippen LogP contribution is -2.68. The van der Waals surface area contributed by atoms with Gasteiger partial charge in [-0.2, -0.15) is 0 Å². The SMILES string of the molecule is Cc1c[n+](-c2ccccc2)oc1-c1ccccc1.[O-][Cl+3]([O-])([O-])[O-]. The van der Waals surface area contributed by atoms with E-state index in [1.165, 1.54) is 0 Å². The number of rotatable bonds is 2. The molecule has 2 aromatic carbocycles. The van der Waals surface area contributed by atoms with Crippen molar-refractivity contribution >= 4 is 0 Å². The van der Waals surface area contributed by atoms with Gasteiger partial charge in [0.25, 0.3) is 5.69 Å². The Bertz CT molecular complexity index is 732. The number of aromatic nitrogens is 1. The number of aryl methyl sites for hydroxylation is 1. The van der Waals surface area contributed by atoms with Crippen molar-refractivity contribution < 1.29 is 38.1 Å². The van der Waals surface area contributed by atoms with Crippen molar-refractivity contribution in [3.8, 4) is 17.0 Å². The van der Waals surface area contributed by atoms with Gasteiger partial charge in [0.15, 0.2) is 0 Å². The first-order valence-electron chi connectivity index (χ1n) is 6.60. The molecule has 1 heterocycles. The van der Waals surface area contributed by atoms with Crippen LogP contribution in [-0.4, -0.2) is 0 Å². The summed E-state index contributed by atoms with van der Waals surface area (Å²) in [6.07, 6.45) is 2.01. The van der Waals surface area contributed by atoms with E-state index in [0.717, 1.165) is 22.6 Å². The quantitative estimate of drug-likeness (QED) is 0.545. The van der Waals surface area contributed by atoms with Gasteiger partial charge in [-0.3, -0.25) is 0 Å². The number of halogens is 1. The van der Waals surface area contributed by atoms with Crippen LogP contribution in [0.5, 0.6) is 0 Å². The summed E-state index contributed by atoms with van der Waals surface area (Å²) < 4.78 is 41.7. The first-order valence-corrected chi connectivity index (χ1v) is 7.83. The molecule has 0 unspecified atom stereocenters. The van der Waals surface area contributed by atoms with Gasteiger partial charge in [0, 0.05) is 22.4 Å². The first kappa shape index (κ1) is 17.1. The molecule has 0 N–H and O–H groups in total. The molecular formula is C16H14ClNO5. The van der Waals surface area contributed by atoms with Crippen LogP contribution < -0.4 is 23.4 Å². The van der Waals surface area contributed by atoms with Crippen LogP contribution in [0, 0.1) is 17.2 Å². The third kappa shape index (κ3) is 5.48. The van der Waals surface area contributed by atoms with Crippen LogP contribution >= 0.6 is 0 Å². The van der Waals surface area contributed by atoms with Crippen molar-refractivity contribution in [2.24, 2.45) is 0 Å². The van der Waals surface area contributed by atoms with Gasteiger partial charge in [-0.05, 0) is 6.92 Å². The Hall–Kier alpha value is -2.22. The fourth-order valence-corrected chi connectivity index (χ4v) is 2.00. The minimum Gasteiger partial charge on any atom is -0.230 e. The van der Waals surface area contributed by atoms with Crippen molar-refractivity contribution in [3.63, 3.8) is 0 Å². The fourth-order valence-electron chi connectivity index (χ4n) is 2.00. The van der Waals surface area contributed by atoms with Crippen LogP contribution in [0.15, 0.2) is 71.4 Å². The maximum absolute atomic E-state index is 8.49. The van der Waals surface area contributed by atoms with Crippen LogP contribution in [0.2, 0.25) is 0 Å². The molecule has 120 valence electrons. The van der Waals surface area contributed by atoms with Gasteiger partial charge >= 0.3 is 0 Å². The molecule has 0 spiro atoms. The standard InChI is InChI=1S/C16H14NO.ClHO4/c1-13-12-17(15-10-6-3-7-11-15)18-16(13)14-8-4-2-5-9-14;2-1(3,4)5/h2-12H,1H3;(H,2,3,4,5)/q+1;/p-1. The number of nitrogens with zero attached hydrogens (tertiary/aromatic N) is 1. The molecule has 0 fully saturated rings. The summed E-state index contributed by atoms with van der Waals surface area (Å²) in [7, 11) is -4.94. The monoisotopic (exact) mass is 335 g/mol. The van der Waals surface area contributed by atoms with Gasteiger partial charge < -0.3 is 0 Å². The largest absolute Gasteiger partial charge is 0.258 e. The molecule has 0 saturated carbocycles. The molecule has 23 heavy (non-hydrogen) atoms. The summed E-state index contributed by atoms with van der Waals surface area (Å²) in [5.41, 5.74) is 3.26. The zero-order valence-electron chi connectivity index (χ0n) is 12.2. The number of para-hydroxylation sites is 1. The van der Waals surface area contributed by atoms with E-state index >= 15 is 0 Å². The smallest absolute Gasteiger partial charge is 0.230 e. The summed E-state index contributed by atoms with van der Waals surface area (Å²) in [4.78, 5) is 0. The summed E-state index contributed by atoms with van der Waals surface area (Å²) in [6.45, 7) is 2.06. The summed E-state index contributed by atoms with van der Waals surface area (Å²) in [5, 5.41) is 0. The predicted molar refractivity (Wildman–Crippen MR) is 70.4 cm³/mol. The molecule has 6 nitrogen and oxygen atoms in total. The third-order valence-corrected chi connectivity index (χ3v) is 2.91. The molecular weight excluding hydrogens is 322 g/mol. The third-order valence-electron chi connectivity index (χ3n) is 2.91. The van der Waals surface area contributed by atoms with Gasteiger partial charge in [0.1, 0.15) is 0 Å². The Morgan fingerprint density at radius 1 is 0.826 bits per heavy atom. The molecule has 0 bridgehead atoms. The topological polar surface area (TPSA) is 109 Å². The van der Waals surface area contributed by atoms with Crippen LogP contribution in [0.1, 0.15) is 5.56 Å². The Labute approximate surface area is 135 Å². The van der Waals surface area contributed by atoms with Gasteiger partial charge in [-0.25, -0.2) is 23.2 Å². The molecule has 0 aliphatic carbocycles. The molecule has 0 radical (unpaired) electrons. The Balaban J connectivity index is 0.000000338. The molecule has 0 aliphatic rings. The highest BCUT2D eigenvalue weighted by molar-refractivity contribution is 5.59. The molecule has 0 saturated heterocycles. The van der Waals surface area contributed by atoms with Crippen LogP contribution in [0.3, 0.4) is 0 Å². The molecule has 0 atom stereocenters. The minimum atomic E-state index is -4.94. The van der Waals surface area contributed by atoms with E-state index < -0.39 is 10.2 Å². The Morgan fingerprint density at radius 3 is 1.83 bits per heavy atom. The lowest BCUT2D eigenvalue weighted by atomic mass is 10.1. The predicted octanol–water partition coefficient (Wildman–Crippen LogP) is -1.22. The zero-order chi connectivity index (χ0) is 16.9. The molecule has 1 aromatic heterocycles. The van der Waals surface area contributed by atoms with Crippen LogP contribution in [-0.2, 0) is 0 Å². The van der Waals surface area contributed by atoms with E-state index in [2.05, 4.69) is 19.1 Å². The van der Waals surface area contributed by atoms with E-state index in [9.17, 15) is 0 Å². The molecule has 7 heteroatoms. The first-order chi connectivity index (χ1) is 10.8. The van der Waals surface area contributed by atoms with E-state index in [1.54, 1.807) is 4.74 Å². The van der Waals surface area contributed by atoms with Crippen molar-refractivity contribution in [1.82, 2.24) is 0 Å². The van der Waals surface area contributed by atoms with Gasteiger partial charge in [0.05, 0.1) is 5.56 Å². The Kier molecular flexibility index (Phi) is 5.49. The maximum atomic E-state index is 8.49.